The summed E-state index contributed by atoms with van der Waals surface area (Å²) in [6.07, 6.45) is 1.87. The zero-order valence-corrected chi connectivity index (χ0v) is 10.5. The van der Waals surface area contributed by atoms with Crippen LogP contribution in [-0.4, -0.2) is 47.2 Å². The number of nitrogens with one attached hydrogen (secondary N) is 1. The summed E-state index contributed by atoms with van der Waals surface area (Å²) in [6, 6.07) is 0. The molecule has 1 saturated heterocycles. The van der Waals surface area contributed by atoms with E-state index in [1.165, 1.54) is 6.33 Å². The van der Waals surface area contributed by atoms with E-state index in [1.807, 2.05) is 0 Å². The number of nitrogens with zero attached hydrogens (tertiary/aromatic N) is 3. The maximum atomic E-state index is 11.2. The second kappa shape index (κ2) is 5.72. The number of nitrogens with two attached hydrogens (primary N) is 1. The van der Waals surface area contributed by atoms with Gasteiger partial charge in [-0.2, -0.15) is 0 Å². The second-order valence-electron chi connectivity index (χ2n) is 3.80. The fourth-order valence-corrected chi connectivity index (χ4v) is 1.78. The molecule has 0 aromatic carbocycles. The lowest BCUT2D eigenvalue weighted by atomic mass is 10.4. The van der Waals surface area contributed by atoms with Gasteiger partial charge in [0, 0.05) is 13.1 Å². The molecule has 1 aromatic rings. The van der Waals surface area contributed by atoms with Crippen molar-refractivity contribution < 1.29 is 9.53 Å². The third-order valence-electron chi connectivity index (χ3n) is 2.56. The summed E-state index contributed by atoms with van der Waals surface area (Å²) in [7, 11) is 0. The van der Waals surface area contributed by atoms with Crippen LogP contribution in [0.4, 0.5) is 16.4 Å². The molecule has 0 spiro atoms. The van der Waals surface area contributed by atoms with Crippen molar-refractivity contribution in [1.29, 1.82) is 0 Å². The molecule has 2 heterocycles. The van der Waals surface area contributed by atoms with Gasteiger partial charge in [0.2, 0.25) is 0 Å². The largest absolute Gasteiger partial charge is 0.448 e. The van der Waals surface area contributed by atoms with E-state index in [9.17, 15) is 4.79 Å². The molecule has 0 atom stereocenters. The Bertz CT molecular complexity index is 442. The first kappa shape index (κ1) is 12.7. The minimum atomic E-state index is -0.251. The number of aromatic nitrogens is 2. The Morgan fingerprint density at radius 1 is 1.56 bits per heavy atom. The van der Waals surface area contributed by atoms with E-state index in [1.54, 1.807) is 4.90 Å². The Labute approximate surface area is 109 Å². The van der Waals surface area contributed by atoms with Gasteiger partial charge >= 0.3 is 6.09 Å². The van der Waals surface area contributed by atoms with Crippen LogP contribution >= 0.6 is 11.6 Å². The average Bonchev–Trinajstić information content (AvgIpc) is 2.76. The van der Waals surface area contributed by atoms with Gasteiger partial charge < -0.3 is 20.7 Å². The van der Waals surface area contributed by atoms with Crippen molar-refractivity contribution >= 4 is 29.3 Å². The van der Waals surface area contributed by atoms with E-state index < -0.39 is 0 Å². The molecule has 98 valence electrons. The van der Waals surface area contributed by atoms with Crippen molar-refractivity contribution in [3.8, 4) is 0 Å². The average molecular weight is 272 g/mol. The summed E-state index contributed by atoms with van der Waals surface area (Å²) in [5, 5.41) is 3.37. The molecule has 8 heteroatoms. The Hall–Kier alpha value is -1.76. The highest BCUT2D eigenvalue weighted by Gasteiger charge is 2.20. The van der Waals surface area contributed by atoms with E-state index in [2.05, 4.69) is 15.3 Å². The Morgan fingerprint density at radius 2 is 2.39 bits per heavy atom. The number of nitrogen functional groups attached to an aromatic ring is 1. The maximum Gasteiger partial charge on any atom is 0.409 e. The van der Waals surface area contributed by atoms with Gasteiger partial charge in [-0.15, -0.1) is 0 Å². The zero-order chi connectivity index (χ0) is 13.0. The number of carbonyl (C=O) groups is 1. The molecular formula is C10H14ClN5O2. The number of cyclic esters (lactones) is 1. The van der Waals surface area contributed by atoms with Gasteiger partial charge in [-0.1, -0.05) is 11.6 Å². The van der Waals surface area contributed by atoms with E-state index in [-0.39, 0.29) is 11.9 Å². The van der Waals surface area contributed by atoms with Crippen LogP contribution in [0.2, 0.25) is 5.02 Å². The van der Waals surface area contributed by atoms with E-state index in [0.29, 0.717) is 37.1 Å². The van der Waals surface area contributed by atoms with Gasteiger partial charge in [-0.3, -0.25) is 0 Å². The summed E-state index contributed by atoms with van der Waals surface area (Å²) < 4.78 is 4.82. The molecule has 1 fully saturated rings. The van der Waals surface area contributed by atoms with Crippen molar-refractivity contribution in [3.63, 3.8) is 0 Å². The molecule has 18 heavy (non-hydrogen) atoms. The van der Waals surface area contributed by atoms with Crippen LogP contribution in [0.3, 0.4) is 0 Å². The molecule has 1 aromatic heterocycles. The molecule has 0 aliphatic carbocycles. The molecule has 1 amide bonds. The van der Waals surface area contributed by atoms with Gasteiger partial charge in [0.25, 0.3) is 0 Å². The van der Waals surface area contributed by atoms with Crippen LogP contribution in [0.25, 0.3) is 0 Å². The number of halogens is 1. The Morgan fingerprint density at radius 3 is 3.11 bits per heavy atom. The topological polar surface area (TPSA) is 93.4 Å². The number of hydrogen-bond acceptors (Lipinski definition) is 6. The first-order valence-corrected chi connectivity index (χ1v) is 5.98. The van der Waals surface area contributed by atoms with Crippen LogP contribution in [0.1, 0.15) is 6.42 Å². The number of carbonyl (C=O) groups excluding carboxylic acids is 1. The molecule has 1 aliphatic heterocycles. The second-order valence-corrected chi connectivity index (χ2v) is 4.18. The number of anilines is 2. The summed E-state index contributed by atoms with van der Waals surface area (Å²) in [5.41, 5.74) is 5.55. The standard InChI is InChI=1S/C10H14ClN5O2/c11-7-8(12)14-6-15-9(7)13-2-1-3-16-4-5-18-10(16)17/h6H,1-5H2,(H3,12,13,14,15). The molecule has 0 saturated carbocycles. The van der Waals surface area contributed by atoms with Crippen LogP contribution in [0, 0.1) is 0 Å². The highest BCUT2D eigenvalue weighted by molar-refractivity contribution is 6.35. The smallest absolute Gasteiger partial charge is 0.409 e. The van der Waals surface area contributed by atoms with Gasteiger partial charge in [0.15, 0.2) is 0 Å². The van der Waals surface area contributed by atoms with Crippen LogP contribution < -0.4 is 11.1 Å². The normalized spacial score (nSPS) is 14.7. The minimum Gasteiger partial charge on any atom is -0.448 e. The Balaban J connectivity index is 1.75. The van der Waals surface area contributed by atoms with E-state index in [4.69, 9.17) is 22.1 Å². The predicted molar refractivity (Wildman–Crippen MR) is 67.5 cm³/mol. The van der Waals surface area contributed by atoms with Crippen molar-refractivity contribution in [2.24, 2.45) is 0 Å². The number of rotatable bonds is 5. The lowest BCUT2D eigenvalue weighted by molar-refractivity contribution is 0.158. The fourth-order valence-electron chi connectivity index (χ4n) is 1.61. The van der Waals surface area contributed by atoms with Crippen molar-refractivity contribution in [2.75, 3.05) is 37.3 Å². The van der Waals surface area contributed by atoms with E-state index >= 15 is 0 Å². The van der Waals surface area contributed by atoms with Crippen LogP contribution in [-0.2, 0) is 4.74 Å². The van der Waals surface area contributed by atoms with Crippen molar-refractivity contribution in [1.82, 2.24) is 14.9 Å². The minimum absolute atomic E-state index is 0.247. The van der Waals surface area contributed by atoms with Gasteiger partial charge in [-0.25, -0.2) is 14.8 Å². The van der Waals surface area contributed by atoms with Gasteiger partial charge in [0.1, 0.15) is 29.6 Å². The fraction of sp³-hybridized carbons (Fsp3) is 0.500. The molecule has 3 N–H and O–H groups in total. The molecular weight excluding hydrogens is 258 g/mol. The Kier molecular flexibility index (Phi) is 4.03. The van der Waals surface area contributed by atoms with Gasteiger partial charge in [-0.05, 0) is 6.42 Å². The summed E-state index contributed by atoms with van der Waals surface area (Å²) >= 11 is 5.93. The highest BCUT2D eigenvalue weighted by atomic mass is 35.5. The first-order chi connectivity index (χ1) is 8.68. The summed E-state index contributed by atoms with van der Waals surface area (Å²) in [4.78, 5) is 20.6. The van der Waals surface area contributed by atoms with E-state index in [0.717, 1.165) is 6.42 Å². The third kappa shape index (κ3) is 2.92. The lowest BCUT2D eigenvalue weighted by Gasteiger charge is -2.13. The molecule has 0 bridgehead atoms. The number of hydrogen-bond donors (Lipinski definition) is 2. The predicted octanol–water partition coefficient (Wildman–Crippen LogP) is 0.966. The number of ether oxygens (including phenoxy) is 1. The summed E-state index contributed by atoms with van der Waals surface area (Å²) in [5.74, 6) is 0.755. The molecule has 7 nitrogen and oxygen atoms in total. The molecule has 1 aliphatic rings. The maximum absolute atomic E-state index is 11.2. The monoisotopic (exact) mass is 271 g/mol. The third-order valence-corrected chi connectivity index (χ3v) is 2.93. The first-order valence-electron chi connectivity index (χ1n) is 5.60. The number of amides is 1. The molecule has 0 radical (unpaired) electrons. The SMILES string of the molecule is Nc1ncnc(NCCCN2CCOC2=O)c1Cl. The van der Waals surface area contributed by atoms with Crippen molar-refractivity contribution in [2.45, 2.75) is 6.42 Å². The van der Waals surface area contributed by atoms with Crippen LogP contribution in [0.15, 0.2) is 6.33 Å². The zero-order valence-electron chi connectivity index (χ0n) is 9.73. The quantitative estimate of drug-likeness (QED) is 0.775. The van der Waals surface area contributed by atoms with Crippen molar-refractivity contribution in [3.05, 3.63) is 11.3 Å². The molecule has 0 unspecified atom stereocenters. The summed E-state index contributed by atoms with van der Waals surface area (Å²) in [6.45, 7) is 2.41. The lowest BCUT2D eigenvalue weighted by Crippen LogP contribution is -2.26. The van der Waals surface area contributed by atoms with Crippen LogP contribution in [0.5, 0.6) is 0 Å². The van der Waals surface area contributed by atoms with Gasteiger partial charge in [0.05, 0.1) is 6.54 Å². The molecule has 2 rings (SSSR count). The highest BCUT2D eigenvalue weighted by Crippen LogP contribution is 2.22.